The second-order valence-electron chi connectivity index (χ2n) is 4.13. The van der Waals surface area contributed by atoms with Crippen molar-refractivity contribution in [2.24, 2.45) is 0 Å². The Hall–Kier alpha value is -1.47. The van der Waals surface area contributed by atoms with Crippen LogP contribution in [0.1, 0.15) is 12.6 Å². The number of aromatic nitrogens is 1. The number of benzene rings is 1. The van der Waals surface area contributed by atoms with Crippen molar-refractivity contribution in [2.75, 3.05) is 5.32 Å². The summed E-state index contributed by atoms with van der Waals surface area (Å²) in [5.74, 6) is -1.82. The normalized spacial score (nSPS) is 12.2. The minimum absolute atomic E-state index is 0.0285. The second kappa shape index (κ2) is 6.32. The number of thioether (sulfide) groups is 1. The maximum Gasteiger partial charge on any atom is 0.237 e. The lowest BCUT2D eigenvalue weighted by Crippen LogP contribution is -2.22. The molecule has 1 unspecified atom stereocenters. The van der Waals surface area contributed by atoms with E-state index in [2.05, 4.69) is 10.3 Å². The molecule has 1 heterocycles. The van der Waals surface area contributed by atoms with Gasteiger partial charge in [0, 0.05) is 17.1 Å². The van der Waals surface area contributed by atoms with Crippen molar-refractivity contribution in [3.05, 3.63) is 40.9 Å². The van der Waals surface area contributed by atoms with Crippen molar-refractivity contribution in [2.45, 2.75) is 23.4 Å². The highest BCUT2D eigenvalue weighted by Gasteiger charge is 2.17. The van der Waals surface area contributed by atoms with Gasteiger partial charge < -0.3 is 5.32 Å². The van der Waals surface area contributed by atoms with Crippen LogP contribution in [0, 0.1) is 18.6 Å². The molecule has 0 aliphatic carbocycles. The Labute approximate surface area is 123 Å². The van der Waals surface area contributed by atoms with Gasteiger partial charge in [0.25, 0.3) is 0 Å². The van der Waals surface area contributed by atoms with Crippen molar-refractivity contribution in [3.8, 4) is 0 Å². The molecule has 0 spiro atoms. The number of carbonyl (C=O) groups excluding carboxylic acids is 1. The molecule has 1 aromatic carbocycles. The number of nitrogens with one attached hydrogen (secondary N) is 1. The molecule has 0 bridgehead atoms. The van der Waals surface area contributed by atoms with Gasteiger partial charge in [-0.25, -0.2) is 13.8 Å². The fourth-order valence-electron chi connectivity index (χ4n) is 1.42. The molecular formula is C13H12F2N2OS2. The summed E-state index contributed by atoms with van der Waals surface area (Å²) in [7, 11) is 0. The summed E-state index contributed by atoms with van der Waals surface area (Å²) in [5.41, 5.74) is 0.869. The van der Waals surface area contributed by atoms with E-state index >= 15 is 0 Å². The molecule has 0 aliphatic heterocycles. The third kappa shape index (κ3) is 3.77. The van der Waals surface area contributed by atoms with Gasteiger partial charge in [-0.3, -0.25) is 4.79 Å². The maximum absolute atomic E-state index is 13.4. The quantitative estimate of drug-likeness (QED) is 0.872. The van der Waals surface area contributed by atoms with E-state index < -0.39 is 16.9 Å². The lowest BCUT2D eigenvalue weighted by molar-refractivity contribution is -0.115. The Morgan fingerprint density at radius 1 is 1.45 bits per heavy atom. The zero-order valence-electron chi connectivity index (χ0n) is 10.8. The molecule has 1 N–H and O–H groups in total. The number of hydrogen-bond donors (Lipinski definition) is 1. The van der Waals surface area contributed by atoms with E-state index in [1.54, 1.807) is 6.92 Å². The van der Waals surface area contributed by atoms with Gasteiger partial charge in [0.15, 0.2) is 4.34 Å². The van der Waals surface area contributed by atoms with Crippen molar-refractivity contribution in [1.29, 1.82) is 0 Å². The molecule has 0 fully saturated rings. The third-order valence-electron chi connectivity index (χ3n) is 2.43. The number of halogens is 2. The van der Waals surface area contributed by atoms with Gasteiger partial charge in [0.2, 0.25) is 5.91 Å². The van der Waals surface area contributed by atoms with E-state index in [1.807, 2.05) is 12.3 Å². The molecule has 1 amide bonds. The zero-order valence-corrected chi connectivity index (χ0v) is 12.4. The van der Waals surface area contributed by atoms with Gasteiger partial charge in [-0.05, 0) is 26.0 Å². The Balaban J connectivity index is 2.00. The van der Waals surface area contributed by atoms with Crippen LogP contribution in [0.2, 0.25) is 0 Å². The van der Waals surface area contributed by atoms with Crippen LogP contribution in [0.3, 0.4) is 0 Å². The first kappa shape index (κ1) is 14.9. The summed E-state index contributed by atoms with van der Waals surface area (Å²) < 4.78 is 27.0. The molecule has 20 heavy (non-hydrogen) atoms. The molecule has 0 saturated heterocycles. The number of anilines is 1. The van der Waals surface area contributed by atoms with Crippen molar-refractivity contribution < 1.29 is 13.6 Å². The summed E-state index contributed by atoms with van der Waals surface area (Å²) in [6.07, 6.45) is 0. The first-order valence-electron chi connectivity index (χ1n) is 5.80. The van der Waals surface area contributed by atoms with Crippen molar-refractivity contribution >= 4 is 34.7 Å². The topological polar surface area (TPSA) is 42.0 Å². The number of amides is 1. The molecule has 1 atom stereocenters. The van der Waals surface area contributed by atoms with Gasteiger partial charge in [-0.2, -0.15) is 0 Å². The van der Waals surface area contributed by atoms with Crippen LogP contribution in [0.5, 0.6) is 0 Å². The Morgan fingerprint density at radius 3 is 2.80 bits per heavy atom. The van der Waals surface area contributed by atoms with Crippen molar-refractivity contribution in [1.82, 2.24) is 4.98 Å². The third-order valence-corrected chi connectivity index (χ3v) is 4.62. The molecule has 106 valence electrons. The summed E-state index contributed by atoms with van der Waals surface area (Å²) >= 11 is 2.75. The summed E-state index contributed by atoms with van der Waals surface area (Å²) in [5, 5.41) is 3.91. The number of rotatable bonds is 4. The minimum Gasteiger partial charge on any atom is -0.323 e. The first-order chi connectivity index (χ1) is 9.45. The monoisotopic (exact) mass is 314 g/mol. The average Bonchev–Trinajstić information content (AvgIpc) is 2.78. The van der Waals surface area contributed by atoms with Crippen LogP contribution in [-0.4, -0.2) is 16.1 Å². The van der Waals surface area contributed by atoms with E-state index in [-0.39, 0.29) is 11.6 Å². The fourth-order valence-corrected chi connectivity index (χ4v) is 3.40. The molecule has 2 rings (SSSR count). The molecule has 7 heteroatoms. The molecule has 0 aliphatic rings. The van der Waals surface area contributed by atoms with Gasteiger partial charge in [-0.15, -0.1) is 11.3 Å². The molecule has 1 aromatic heterocycles. The largest absolute Gasteiger partial charge is 0.323 e. The standard InChI is InChI=1S/C13H12F2N2OS2/c1-7-6-19-13(16-7)20-8(2)12(18)17-11-4-3-9(14)5-10(11)15/h3-6,8H,1-2H3,(H,17,18). The van der Waals surface area contributed by atoms with Gasteiger partial charge >= 0.3 is 0 Å². The number of thiazole rings is 1. The van der Waals surface area contributed by atoms with Crippen LogP contribution >= 0.6 is 23.1 Å². The molecular weight excluding hydrogens is 302 g/mol. The van der Waals surface area contributed by atoms with E-state index in [0.717, 1.165) is 22.2 Å². The van der Waals surface area contributed by atoms with Crippen molar-refractivity contribution in [3.63, 3.8) is 0 Å². The molecule has 2 aromatic rings. The van der Waals surface area contributed by atoms with Gasteiger partial charge in [0.05, 0.1) is 10.9 Å². The average molecular weight is 314 g/mol. The second-order valence-corrected chi connectivity index (χ2v) is 6.57. The Bertz CT molecular complexity index is 631. The highest BCUT2D eigenvalue weighted by molar-refractivity contribution is 8.02. The summed E-state index contributed by atoms with van der Waals surface area (Å²) in [4.78, 5) is 16.2. The SMILES string of the molecule is Cc1csc(SC(C)C(=O)Nc2ccc(F)cc2F)n1. The van der Waals surface area contributed by atoms with E-state index in [0.29, 0.717) is 0 Å². The number of aryl methyl sites for hydroxylation is 1. The fraction of sp³-hybridized carbons (Fsp3) is 0.231. The predicted molar refractivity (Wildman–Crippen MR) is 77.2 cm³/mol. The zero-order chi connectivity index (χ0) is 14.7. The maximum atomic E-state index is 13.4. The van der Waals surface area contributed by atoms with Crippen LogP contribution in [0.4, 0.5) is 14.5 Å². The molecule has 3 nitrogen and oxygen atoms in total. The van der Waals surface area contributed by atoms with Gasteiger partial charge in [-0.1, -0.05) is 11.8 Å². The summed E-state index contributed by atoms with van der Waals surface area (Å²) in [6, 6.07) is 3.03. The van der Waals surface area contributed by atoms with Crippen LogP contribution in [-0.2, 0) is 4.79 Å². The summed E-state index contributed by atoms with van der Waals surface area (Å²) in [6.45, 7) is 3.58. The van der Waals surface area contributed by atoms with E-state index in [9.17, 15) is 13.6 Å². The highest BCUT2D eigenvalue weighted by atomic mass is 32.2. The predicted octanol–water partition coefficient (Wildman–Crippen LogP) is 3.85. The Kier molecular flexibility index (Phi) is 4.72. The smallest absolute Gasteiger partial charge is 0.237 e. The minimum atomic E-state index is -0.791. The van der Waals surface area contributed by atoms with E-state index in [1.165, 1.54) is 29.2 Å². The van der Waals surface area contributed by atoms with Crippen LogP contribution in [0.15, 0.2) is 27.9 Å². The highest BCUT2D eigenvalue weighted by Crippen LogP contribution is 2.27. The van der Waals surface area contributed by atoms with E-state index in [4.69, 9.17) is 0 Å². The lowest BCUT2D eigenvalue weighted by Gasteiger charge is -2.11. The first-order valence-corrected chi connectivity index (χ1v) is 7.56. The Morgan fingerprint density at radius 2 is 2.20 bits per heavy atom. The van der Waals surface area contributed by atoms with Crippen LogP contribution in [0.25, 0.3) is 0 Å². The number of hydrogen-bond acceptors (Lipinski definition) is 4. The van der Waals surface area contributed by atoms with Crippen LogP contribution < -0.4 is 5.32 Å². The molecule has 0 radical (unpaired) electrons. The molecule has 0 saturated carbocycles. The number of nitrogens with zero attached hydrogens (tertiary/aromatic N) is 1. The number of carbonyl (C=O) groups is 1. The lowest BCUT2D eigenvalue weighted by atomic mass is 10.3. The van der Waals surface area contributed by atoms with Gasteiger partial charge in [0.1, 0.15) is 11.6 Å².